The number of aromatic nitrogens is 1. The van der Waals surface area contributed by atoms with Crippen molar-refractivity contribution in [3.63, 3.8) is 0 Å². The number of carbonyl (C=O) groups is 1. The van der Waals surface area contributed by atoms with E-state index in [9.17, 15) is 13.2 Å². The molecule has 1 fully saturated rings. The number of hydrogen-bond acceptors (Lipinski definition) is 6. The van der Waals surface area contributed by atoms with Crippen LogP contribution in [0.3, 0.4) is 0 Å². The van der Waals surface area contributed by atoms with Gasteiger partial charge in [0.2, 0.25) is 10.0 Å². The lowest BCUT2D eigenvalue weighted by Gasteiger charge is -2.33. The number of para-hydroxylation sites is 1. The van der Waals surface area contributed by atoms with E-state index in [1.54, 1.807) is 25.1 Å². The summed E-state index contributed by atoms with van der Waals surface area (Å²) in [6, 6.07) is 7.15. The monoisotopic (exact) mass is 353 g/mol. The van der Waals surface area contributed by atoms with Gasteiger partial charge in [0.25, 0.3) is 0 Å². The molecule has 0 aliphatic carbocycles. The van der Waals surface area contributed by atoms with Gasteiger partial charge in [-0.05, 0) is 19.1 Å². The third-order valence-electron chi connectivity index (χ3n) is 3.93. The Morgan fingerprint density at radius 3 is 2.67 bits per heavy atom. The zero-order valence-corrected chi connectivity index (χ0v) is 14.2. The average Bonchev–Trinajstić information content (AvgIpc) is 2.98. The molecule has 1 saturated heterocycles. The zero-order chi connectivity index (χ0) is 17.2. The molecule has 0 radical (unpaired) electrons. The standard InChI is InChI=1S/C15H19N3O5S/c1-2-22-15(19)17-7-9-18(10-8-17)24(20,21)11-13-12-5-3-4-6-14(12)23-16-13/h3-6H,2,7-11H2,1H3. The van der Waals surface area contributed by atoms with Gasteiger partial charge < -0.3 is 14.2 Å². The van der Waals surface area contributed by atoms with Gasteiger partial charge in [0.05, 0.1) is 6.61 Å². The lowest BCUT2D eigenvalue weighted by atomic mass is 10.2. The molecule has 0 atom stereocenters. The van der Waals surface area contributed by atoms with Crippen molar-refractivity contribution in [3.8, 4) is 0 Å². The fourth-order valence-electron chi connectivity index (χ4n) is 2.67. The summed E-state index contributed by atoms with van der Waals surface area (Å²) in [7, 11) is -3.53. The number of ether oxygens (including phenoxy) is 1. The lowest BCUT2D eigenvalue weighted by molar-refractivity contribution is 0.0934. The number of sulfonamides is 1. The van der Waals surface area contributed by atoms with Crippen molar-refractivity contribution in [2.24, 2.45) is 0 Å². The summed E-state index contributed by atoms with van der Waals surface area (Å²) in [5, 5.41) is 4.58. The van der Waals surface area contributed by atoms with E-state index in [1.165, 1.54) is 9.21 Å². The number of rotatable bonds is 4. The number of hydrogen-bond donors (Lipinski definition) is 0. The predicted octanol–water partition coefficient (Wildman–Crippen LogP) is 1.43. The zero-order valence-electron chi connectivity index (χ0n) is 13.3. The van der Waals surface area contributed by atoms with E-state index in [4.69, 9.17) is 9.26 Å². The van der Waals surface area contributed by atoms with E-state index in [0.29, 0.717) is 36.4 Å². The average molecular weight is 353 g/mol. The Labute approximate surface area is 140 Å². The van der Waals surface area contributed by atoms with E-state index in [0.717, 1.165) is 0 Å². The van der Waals surface area contributed by atoms with E-state index in [1.807, 2.05) is 6.07 Å². The van der Waals surface area contributed by atoms with Crippen LogP contribution < -0.4 is 0 Å². The molecule has 2 aromatic rings. The molecule has 9 heteroatoms. The molecule has 2 heterocycles. The number of nitrogens with zero attached hydrogens (tertiary/aromatic N) is 3. The fraction of sp³-hybridized carbons (Fsp3) is 0.467. The number of carbonyl (C=O) groups excluding carboxylic acids is 1. The molecule has 1 aliphatic heterocycles. The van der Waals surface area contributed by atoms with E-state index in [-0.39, 0.29) is 18.8 Å². The Bertz CT molecular complexity index is 825. The second-order valence-corrected chi connectivity index (χ2v) is 7.44. The van der Waals surface area contributed by atoms with Crippen LogP contribution in [-0.4, -0.2) is 61.7 Å². The van der Waals surface area contributed by atoms with Crippen LogP contribution in [0.1, 0.15) is 12.6 Å². The topological polar surface area (TPSA) is 93.0 Å². The molecule has 0 bridgehead atoms. The van der Waals surface area contributed by atoms with Crippen molar-refractivity contribution < 1.29 is 22.5 Å². The van der Waals surface area contributed by atoms with Crippen molar-refractivity contribution in [2.75, 3.05) is 32.8 Å². The Kier molecular flexibility index (Phi) is 4.72. The molecule has 130 valence electrons. The van der Waals surface area contributed by atoms with E-state index in [2.05, 4.69) is 5.16 Å². The van der Waals surface area contributed by atoms with Crippen LogP contribution >= 0.6 is 0 Å². The Morgan fingerprint density at radius 1 is 1.25 bits per heavy atom. The fourth-order valence-corrected chi connectivity index (χ4v) is 4.13. The quantitative estimate of drug-likeness (QED) is 0.825. The Morgan fingerprint density at radius 2 is 1.96 bits per heavy atom. The van der Waals surface area contributed by atoms with Gasteiger partial charge in [-0.1, -0.05) is 17.3 Å². The molecule has 0 saturated carbocycles. The van der Waals surface area contributed by atoms with Crippen LogP contribution in [0.2, 0.25) is 0 Å². The highest BCUT2D eigenvalue weighted by molar-refractivity contribution is 7.88. The molecule has 1 aromatic heterocycles. The van der Waals surface area contributed by atoms with Crippen LogP contribution in [0.15, 0.2) is 28.8 Å². The van der Waals surface area contributed by atoms with Gasteiger partial charge in [0, 0.05) is 31.6 Å². The number of benzene rings is 1. The predicted molar refractivity (Wildman–Crippen MR) is 86.8 cm³/mol. The lowest BCUT2D eigenvalue weighted by Crippen LogP contribution is -2.50. The summed E-state index contributed by atoms with van der Waals surface area (Å²) >= 11 is 0. The number of fused-ring (bicyclic) bond motifs is 1. The van der Waals surface area contributed by atoms with Crippen LogP contribution in [0.4, 0.5) is 4.79 Å². The second kappa shape index (κ2) is 6.78. The summed E-state index contributed by atoms with van der Waals surface area (Å²) in [6.45, 7) is 3.17. The molecular weight excluding hydrogens is 334 g/mol. The molecule has 3 rings (SSSR count). The first-order valence-corrected chi connectivity index (χ1v) is 9.35. The van der Waals surface area contributed by atoms with Gasteiger partial charge in [0.1, 0.15) is 11.4 Å². The maximum atomic E-state index is 12.6. The third kappa shape index (κ3) is 3.36. The first-order chi connectivity index (χ1) is 11.5. The largest absolute Gasteiger partial charge is 0.450 e. The SMILES string of the molecule is CCOC(=O)N1CCN(S(=O)(=O)Cc2noc3ccccc23)CC1. The molecule has 0 spiro atoms. The molecule has 1 amide bonds. The highest BCUT2D eigenvalue weighted by atomic mass is 32.2. The van der Waals surface area contributed by atoms with Crippen molar-refractivity contribution >= 4 is 27.1 Å². The molecular formula is C15H19N3O5S. The summed E-state index contributed by atoms with van der Waals surface area (Å²) in [6.07, 6.45) is -0.406. The summed E-state index contributed by atoms with van der Waals surface area (Å²) in [5.74, 6) is -0.219. The minimum absolute atomic E-state index is 0.219. The summed E-state index contributed by atoms with van der Waals surface area (Å²) in [4.78, 5) is 13.2. The number of piperazine rings is 1. The van der Waals surface area contributed by atoms with E-state index >= 15 is 0 Å². The second-order valence-electron chi connectivity index (χ2n) is 5.47. The molecule has 24 heavy (non-hydrogen) atoms. The van der Waals surface area contributed by atoms with Crippen molar-refractivity contribution in [1.82, 2.24) is 14.4 Å². The normalized spacial score (nSPS) is 16.5. The van der Waals surface area contributed by atoms with Crippen molar-refractivity contribution in [3.05, 3.63) is 30.0 Å². The van der Waals surface area contributed by atoms with Gasteiger partial charge in [0.15, 0.2) is 5.58 Å². The third-order valence-corrected chi connectivity index (χ3v) is 5.72. The van der Waals surface area contributed by atoms with Crippen LogP contribution in [0.5, 0.6) is 0 Å². The maximum absolute atomic E-state index is 12.6. The molecule has 0 unspecified atom stereocenters. The first-order valence-electron chi connectivity index (χ1n) is 7.74. The molecule has 1 aromatic carbocycles. The van der Waals surface area contributed by atoms with Crippen LogP contribution in [-0.2, 0) is 20.5 Å². The van der Waals surface area contributed by atoms with Gasteiger partial charge in [-0.15, -0.1) is 0 Å². The van der Waals surface area contributed by atoms with Crippen molar-refractivity contribution in [1.29, 1.82) is 0 Å². The van der Waals surface area contributed by atoms with Gasteiger partial charge >= 0.3 is 6.09 Å². The van der Waals surface area contributed by atoms with Gasteiger partial charge in [-0.3, -0.25) is 0 Å². The minimum Gasteiger partial charge on any atom is -0.450 e. The molecule has 0 N–H and O–H groups in total. The highest BCUT2D eigenvalue weighted by Crippen LogP contribution is 2.21. The Hall–Kier alpha value is -2.13. The van der Waals surface area contributed by atoms with E-state index < -0.39 is 16.1 Å². The smallest absolute Gasteiger partial charge is 0.409 e. The van der Waals surface area contributed by atoms with Crippen LogP contribution in [0.25, 0.3) is 11.0 Å². The highest BCUT2D eigenvalue weighted by Gasteiger charge is 2.30. The van der Waals surface area contributed by atoms with Crippen LogP contribution in [0, 0.1) is 0 Å². The maximum Gasteiger partial charge on any atom is 0.409 e. The number of amides is 1. The molecule has 8 nitrogen and oxygen atoms in total. The molecule has 1 aliphatic rings. The first kappa shape index (κ1) is 16.7. The van der Waals surface area contributed by atoms with Gasteiger partial charge in [-0.25, -0.2) is 13.2 Å². The van der Waals surface area contributed by atoms with Crippen molar-refractivity contribution in [2.45, 2.75) is 12.7 Å². The summed E-state index contributed by atoms with van der Waals surface area (Å²) in [5.41, 5.74) is 0.966. The Balaban J connectivity index is 1.67. The van der Waals surface area contributed by atoms with Gasteiger partial charge in [-0.2, -0.15) is 4.31 Å². The minimum atomic E-state index is -3.53. The summed E-state index contributed by atoms with van der Waals surface area (Å²) < 4.78 is 36.7.